The van der Waals surface area contributed by atoms with Crippen LogP contribution in [0.5, 0.6) is 11.5 Å². The fraction of sp³-hybridized carbons (Fsp3) is 0.167. The van der Waals surface area contributed by atoms with Crippen LogP contribution in [0.3, 0.4) is 0 Å². The van der Waals surface area contributed by atoms with Crippen LogP contribution in [0.2, 0.25) is 0 Å². The molecule has 0 aliphatic heterocycles. The van der Waals surface area contributed by atoms with Crippen LogP contribution in [-0.2, 0) is 5.33 Å². The fourth-order valence-corrected chi connectivity index (χ4v) is 3.14. The van der Waals surface area contributed by atoms with Gasteiger partial charge in [0.2, 0.25) is 0 Å². The molecule has 1 heterocycles. The second-order valence-electron chi connectivity index (χ2n) is 4.97. The molecule has 23 heavy (non-hydrogen) atoms. The van der Waals surface area contributed by atoms with Crippen LogP contribution < -0.4 is 15.1 Å². The lowest BCUT2D eigenvalue weighted by molar-refractivity contribution is 0.414. The highest BCUT2D eigenvalue weighted by Gasteiger charge is 2.16. The molecule has 4 nitrogen and oxygen atoms in total. The lowest BCUT2D eigenvalue weighted by Gasteiger charge is -2.11. The quantitative estimate of drug-likeness (QED) is 0.502. The normalized spacial score (nSPS) is 10.7. The molecule has 0 unspecified atom stereocenters. The summed E-state index contributed by atoms with van der Waals surface area (Å²) in [4.78, 5) is 12.5. The average Bonchev–Trinajstić information content (AvgIpc) is 2.60. The van der Waals surface area contributed by atoms with Gasteiger partial charge in [-0.15, -0.1) is 0 Å². The Balaban J connectivity index is 2.27. The number of benzene rings is 2. The van der Waals surface area contributed by atoms with Crippen LogP contribution in [0.1, 0.15) is 5.56 Å². The van der Waals surface area contributed by atoms with Gasteiger partial charge < -0.3 is 13.9 Å². The standard InChI is InChI=1S/C18H15BrO4/c1-21-12-5-3-11(4-6-12)17-15(10-19)14-8-7-13(22-2)9-16(14)23-18(17)20/h3-9H,10H2,1-2H3. The molecule has 3 rings (SSSR count). The lowest BCUT2D eigenvalue weighted by Crippen LogP contribution is -2.07. The zero-order valence-corrected chi connectivity index (χ0v) is 14.3. The van der Waals surface area contributed by atoms with Gasteiger partial charge in [0.1, 0.15) is 17.1 Å². The predicted molar refractivity (Wildman–Crippen MR) is 93.7 cm³/mol. The van der Waals surface area contributed by atoms with E-state index in [2.05, 4.69) is 15.9 Å². The van der Waals surface area contributed by atoms with E-state index < -0.39 is 0 Å². The topological polar surface area (TPSA) is 48.7 Å². The molecule has 118 valence electrons. The highest BCUT2D eigenvalue weighted by atomic mass is 79.9. The Kier molecular flexibility index (Phi) is 4.39. The zero-order chi connectivity index (χ0) is 16.4. The highest BCUT2D eigenvalue weighted by Crippen LogP contribution is 2.31. The number of alkyl halides is 1. The first-order chi connectivity index (χ1) is 11.2. The van der Waals surface area contributed by atoms with Crippen molar-refractivity contribution in [2.45, 2.75) is 5.33 Å². The maximum atomic E-state index is 12.5. The van der Waals surface area contributed by atoms with Crippen molar-refractivity contribution in [1.82, 2.24) is 0 Å². The number of hydrogen-bond acceptors (Lipinski definition) is 4. The Bertz CT molecular complexity index is 897. The minimum atomic E-state index is -0.370. The van der Waals surface area contributed by atoms with Crippen LogP contribution in [-0.4, -0.2) is 14.2 Å². The van der Waals surface area contributed by atoms with E-state index in [1.165, 1.54) is 0 Å². The first-order valence-electron chi connectivity index (χ1n) is 7.02. The molecule has 0 saturated carbocycles. The molecule has 0 amide bonds. The Hall–Kier alpha value is -2.27. The van der Waals surface area contributed by atoms with E-state index in [1.54, 1.807) is 20.3 Å². The first-order valence-corrected chi connectivity index (χ1v) is 8.14. The molecule has 3 aromatic rings. The summed E-state index contributed by atoms with van der Waals surface area (Å²) < 4.78 is 15.9. The minimum absolute atomic E-state index is 0.370. The molecule has 0 saturated heterocycles. The molecule has 2 aromatic carbocycles. The Morgan fingerprint density at radius 3 is 2.26 bits per heavy atom. The summed E-state index contributed by atoms with van der Waals surface area (Å²) in [5.74, 6) is 1.39. The summed E-state index contributed by atoms with van der Waals surface area (Å²) in [6.07, 6.45) is 0. The van der Waals surface area contributed by atoms with Crippen molar-refractivity contribution in [3.8, 4) is 22.6 Å². The monoisotopic (exact) mass is 374 g/mol. The summed E-state index contributed by atoms with van der Waals surface area (Å²) in [6.45, 7) is 0. The van der Waals surface area contributed by atoms with Gasteiger partial charge in [-0.05, 0) is 35.4 Å². The number of fused-ring (bicyclic) bond motifs is 1. The first kappa shape index (κ1) is 15.6. The van der Waals surface area contributed by atoms with Crippen LogP contribution >= 0.6 is 15.9 Å². The average molecular weight is 375 g/mol. The number of halogens is 1. The van der Waals surface area contributed by atoms with Crippen molar-refractivity contribution in [3.05, 3.63) is 58.4 Å². The van der Waals surface area contributed by atoms with Crippen molar-refractivity contribution in [3.63, 3.8) is 0 Å². The molecular weight excluding hydrogens is 360 g/mol. The zero-order valence-electron chi connectivity index (χ0n) is 12.8. The van der Waals surface area contributed by atoms with Gasteiger partial charge in [0.25, 0.3) is 0 Å². The van der Waals surface area contributed by atoms with E-state index >= 15 is 0 Å². The maximum absolute atomic E-state index is 12.5. The smallest absolute Gasteiger partial charge is 0.344 e. The number of hydrogen-bond donors (Lipinski definition) is 0. The van der Waals surface area contributed by atoms with Crippen molar-refractivity contribution in [1.29, 1.82) is 0 Å². The van der Waals surface area contributed by atoms with Gasteiger partial charge in [0.05, 0.1) is 19.8 Å². The van der Waals surface area contributed by atoms with Crippen LogP contribution in [0.15, 0.2) is 51.7 Å². The fourth-order valence-electron chi connectivity index (χ4n) is 2.56. The third kappa shape index (κ3) is 2.84. The largest absolute Gasteiger partial charge is 0.497 e. The second-order valence-corrected chi connectivity index (χ2v) is 5.53. The van der Waals surface area contributed by atoms with E-state index in [9.17, 15) is 4.79 Å². The summed E-state index contributed by atoms with van der Waals surface area (Å²) >= 11 is 3.49. The third-order valence-corrected chi connectivity index (χ3v) is 4.30. The van der Waals surface area contributed by atoms with E-state index in [4.69, 9.17) is 13.9 Å². The number of ether oxygens (including phenoxy) is 2. The van der Waals surface area contributed by atoms with Crippen molar-refractivity contribution in [2.24, 2.45) is 0 Å². The molecular formula is C18H15BrO4. The molecule has 0 fully saturated rings. The van der Waals surface area contributed by atoms with E-state index in [1.807, 2.05) is 36.4 Å². The van der Waals surface area contributed by atoms with E-state index in [0.29, 0.717) is 22.2 Å². The summed E-state index contributed by atoms with van der Waals surface area (Å²) in [5.41, 5.74) is 2.39. The molecule has 0 aliphatic carbocycles. The summed E-state index contributed by atoms with van der Waals surface area (Å²) in [7, 11) is 3.19. The van der Waals surface area contributed by atoms with Crippen LogP contribution in [0, 0.1) is 0 Å². The number of rotatable bonds is 4. The van der Waals surface area contributed by atoms with Gasteiger partial charge in [-0.3, -0.25) is 0 Å². The van der Waals surface area contributed by atoms with Crippen molar-refractivity contribution in [2.75, 3.05) is 14.2 Å². The Morgan fingerprint density at radius 2 is 1.65 bits per heavy atom. The van der Waals surface area contributed by atoms with Crippen molar-refractivity contribution < 1.29 is 13.9 Å². The SMILES string of the molecule is COc1ccc(-c2c(CBr)c3ccc(OC)cc3oc2=O)cc1. The minimum Gasteiger partial charge on any atom is -0.497 e. The van der Waals surface area contributed by atoms with Crippen LogP contribution in [0.4, 0.5) is 0 Å². The van der Waals surface area contributed by atoms with Gasteiger partial charge in [0.15, 0.2) is 0 Å². The van der Waals surface area contributed by atoms with Gasteiger partial charge >= 0.3 is 5.63 Å². The van der Waals surface area contributed by atoms with Crippen molar-refractivity contribution >= 4 is 26.9 Å². The predicted octanol–water partition coefficient (Wildman–Crippen LogP) is 4.37. The Labute approximate surface area is 141 Å². The van der Waals surface area contributed by atoms with Gasteiger partial charge in [-0.2, -0.15) is 0 Å². The highest BCUT2D eigenvalue weighted by molar-refractivity contribution is 9.08. The third-order valence-electron chi connectivity index (χ3n) is 3.73. The molecule has 0 bridgehead atoms. The molecule has 0 N–H and O–H groups in total. The maximum Gasteiger partial charge on any atom is 0.344 e. The van der Waals surface area contributed by atoms with E-state index in [0.717, 1.165) is 22.3 Å². The second kappa shape index (κ2) is 6.46. The van der Waals surface area contributed by atoms with Gasteiger partial charge in [0, 0.05) is 16.8 Å². The molecule has 5 heteroatoms. The van der Waals surface area contributed by atoms with Crippen LogP contribution in [0.25, 0.3) is 22.1 Å². The van der Waals surface area contributed by atoms with Gasteiger partial charge in [-0.25, -0.2) is 4.79 Å². The molecule has 0 atom stereocenters. The number of methoxy groups -OCH3 is 2. The molecule has 0 aliphatic rings. The molecule has 0 spiro atoms. The van der Waals surface area contributed by atoms with Gasteiger partial charge in [-0.1, -0.05) is 28.1 Å². The molecule has 0 radical (unpaired) electrons. The Morgan fingerprint density at radius 1 is 1.00 bits per heavy atom. The molecule has 1 aromatic heterocycles. The lowest BCUT2D eigenvalue weighted by atomic mass is 9.99. The summed E-state index contributed by atoms with van der Waals surface area (Å²) in [5, 5.41) is 1.43. The van der Waals surface area contributed by atoms with E-state index in [-0.39, 0.29) is 5.63 Å². The summed E-state index contributed by atoms with van der Waals surface area (Å²) in [6, 6.07) is 12.8.